The molecule has 1 heterocycles. The Labute approximate surface area is 84.8 Å². The molecule has 3 heteroatoms. The van der Waals surface area contributed by atoms with Gasteiger partial charge in [0.25, 0.3) is 0 Å². The van der Waals surface area contributed by atoms with Gasteiger partial charge in [-0.15, -0.1) is 0 Å². The fourth-order valence-corrected chi connectivity index (χ4v) is 1.30. The minimum absolute atomic E-state index is 0.891. The monoisotopic (exact) mass is 233 g/mol. The number of aromatic nitrogens is 2. The molecular weight excluding hydrogens is 228 g/mol. The predicted molar refractivity (Wildman–Crippen MR) is 54.0 cm³/mol. The van der Waals surface area contributed by atoms with Crippen molar-refractivity contribution in [3.63, 3.8) is 0 Å². The van der Waals surface area contributed by atoms with Crippen molar-refractivity contribution >= 4 is 15.9 Å². The zero-order valence-corrected chi connectivity index (χ0v) is 8.32. The standard InChI is InChI=1S/C10H6BrN2/c11-9-3-1-8(2-4-9)10-5-6-12-7-13-10/h1-5,7H. The first-order valence-corrected chi connectivity index (χ1v) is 4.59. The molecule has 1 aromatic carbocycles. The molecule has 1 aromatic heterocycles. The maximum atomic E-state index is 4.12. The zero-order valence-electron chi connectivity index (χ0n) is 6.74. The molecule has 0 N–H and O–H groups in total. The lowest BCUT2D eigenvalue weighted by atomic mass is 10.1. The lowest BCUT2D eigenvalue weighted by Crippen LogP contribution is -1.83. The summed E-state index contributed by atoms with van der Waals surface area (Å²) < 4.78 is 1.06. The summed E-state index contributed by atoms with van der Waals surface area (Å²) in [6.45, 7) is 0. The lowest BCUT2D eigenvalue weighted by Gasteiger charge is -1.98. The lowest BCUT2D eigenvalue weighted by molar-refractivity contribution is 1.16. The van der Waals surface area contributed by atoms with Crippen LogP contribution in [0.25, 0.3) is 11.3 Å². The predicted octanol–water partition coefficient (Wildman–Crippen LogP) is 2.71. The van der Waals surface area contributed by atoms with Crippen molar-refractivity contribution in [1.82, 2.24) is 9.97 Å². The van der Waals surface area contributed by atoms with Gasteiger partial charge in [0.2, 0.25) is 0 Å². The topological polar surface area (TPSA) is 25.8 Å². The highest BCUT2D eigenvalue weighted by molar-refractivity contribution is 9.10. The van der Waals surface area contributed by atoms with E-state index in [2.05, 4.69) is 32.1 Å². The van der Waals surface area contributed by atoms with Gasteiger partial charge in [0, 0.05) is 10.0 Å². The molecule has 2 rings (SSSR count). The third-order valence-electron chi connectivity index (χ3n) is 1.67. The largest absolute Gasteiger partial charge is 0.236 e. The van der Waals surface area contributed by atoms with E-state index in [-0.39, 0.29) is 0 Å². The van der Waals surface area contributed by atoms with E-state index in [9.17, 15) is 0 Å². The van der Waals surface area contributed by atoms with Crippen LogP contribution in [0.5, 0.6) is 0 Å². The quantitative estimate of drug-likeness (QED) is 0.758. The molecule has 0 aliphatic carbocycles. The number of nitrogens with zero attached hydrogens (tertiary/aromatic N) is 2. The van der Waals surface area contributed by atoms with Crippen molar-refractivity contribution in [2.75, 3.05) is 0 Å². The number of hydrogen-bond acceptors (Lipinski definition) is 2. The van der Waals surface area contributed by atoms with E-state index in [1.165, 1.54) is 6.33 Å². The molecule has 0 saturated heterocycles. The molecule has 0 amide bonds. The normalized spacial score (nSPS) is 9.92. The van der Waals surface area contributed by atoms with Crippen LogP contribution in [0, 0.1) is 6.20 Å². The second kappa shape index (κ2) is 3.66. The van der Waals surface area contributed by atoms with Gasteiger partial charge in [-0.2, -0.15) is 0 Å². The highest BCUT2D eigenvalue weighted by Crippen LogP contribution is 2.18. The Bertz CT molecular complexity index is 383. The summed E-state index contributed by atoms with van der Waals surface area (Å²) in [5.74, 6) is 0. The average molecular weight is 234 g/mol. The highest BCUT2D eigenvalue weighted by Gasteiger charge is 1.96. The van der Waals surface area contributed by atoms with Gasteiger partial charge in [0.05, 0.1) is 11.9 Å². The van der Waals surface area contributed by atoms with Crippen molar-refractivity contribution < 1.29 is 0 Å². The van der Waals surface area contributed by atoms with Crippen molar-refractivity contribution in [2.24, 2.45) is 0 Å². The molecule has 1 radical (unpaired) electrons. The van der Waals surface area contributed by atoms with Gasteiger partial charge in [0.15, 0.2) is 0 Å². The van der Waals surface area contributed by atoms with Crippen molar-refractivity contribution in [2.45, 2.75) is 0 Å². The van der Waals surface area contributed by atoms with Gasteiger partial charge >= 0.3 is 0 Å². The summed E-state index contributed by atoms with van der Waals surface area (Å²) in [7, 11) is 0. The molecule has 0 aliphatic heterocycles. The van der Waals surface area contributed by atoms with Crippen LogP contribution in [0.3, 0.4) is 0 Å². The second-order valence-corrected chi connectivity index (χ2v) is 3.45. The number of hydrogen-bond donors (Lipinski definition) is 0. The van der Waals surface area contributed by atoms with E-state index in [4.69, 9.17) is 0 Å². The van der Waals surface area contributed by atoms with E-state index in [0.717, 1.165) is 15.7 Å². The molecule has 63 valence electrons. The molecule has 0 fully saturated rings. The smallest absolute Gasteiger partial charge is 0.116 e. The van der Waals surface area contributed by atoms with Crippen LogP contribution in [0.2, 0.25) is 0 Å². The van der Waals surface area contributed by atoms with Crippen LogP contribution in [0.1, 0.15) is 0 Å². The van der Waals surface area contributed by atoms with Crippen LogP contribution in [-0.2, 0) is 0 Å². The minimum atomic E-state index is 0.891. The van der Waals surface area contributed by atoms with E-state index >= 15 is 0 Å². The maximum absolute atomic E-state index is 4.12. The van der Waals surface area contributed by atoms with E-state index in [1.54, 1.807) is 6.07 Å². The van der Waals surface area contributed by atoms with Crippen LogP contribution in [0.15, 0.2) is 41.1 Å². The van der Waals surface area contributed by atoms with E-state index in [1.807, 2.05) is 24.3 Å². The minimum Gasteiger partial charge on any atom is -0.236 e. The summed E-state index contributed by atoms with van der Waals surface area (Å²) in [4.78, 5) is 7.86. The Kier molecular flexibility index (Phi) is 2.36. The third kappa shape index (κ3) is 1.92. The molecule has 2 nitrogen and oxygen atoms in total. The molecule has 0 aliphatic rings. The molecule has 0 atom stereocenters. The number of rotatable bonds is 1. The Morgan fingerprint density at radius 2 is 1.92 bits per heavy atom. The number of halogens is 1. The molecule has 13 heavy (non-hydrogen) atoms. The van der Waals surface area contributed by atoms with E-state index < -0.39 is 0 Å². The fraction of sp³-hybridized carbons (Fsp3) is 0. The third-order valence-corrected chi connectivity index (χ3v) is 2.20. The van der Waals surface area contributed by atoms with Crippen LogP contribution >= 0.6 is 15.9 Å². The first-order valence-electron chi connectivity index (χ1n) is 3.80. The average Bonchev–Trinajstić information content (AvgIpc) is 2.20. The molecular formula is C10H6BrN2. The zero-order chi connectivity index (χ0) is 9.10. The first kappa shape index (κ1) is 8.38. The van der Waals surface area contributed by atoms with Gasteiger partial charge in [-0.25, -0.2) is 9.97 Å². The van der Waals surface area contributed by atoms with Gasteiger partial charge in [-0.05, 0) is 18.2 Å². The van der Waals surface area contributed by atoms with Gasteiger partial charge in [0.1, 0.15) is 6.33 Å². The van der Waals surface area contributed by atoms with Gasteiger partial charge in [-0.3, -0.25) is 0 Å². The highest BCUT2D eigenvalue weighted by atomic mass is 79.9. The Hall–Kier alpha value is -1.22. The Balaban J connectivity index is 2.42. The van der Waals surface area contributed by atoms with Crippen molar-refractivity contribution in [3.05, 3.63) is 47.3 Å². The van der Waals surface area contributed by atoms with Crippen LogP contribution in [-0.4, -0.2) is 9.97 Å². The summed E-state index contributed by atoms with van der Waals surface area (Å²) >= 11 is 3.38. The fourth-order valence-electron chi connectivity index (χ4n) is 1.04. The van der Waals surface area contributed by atoms with Crippen LogP contribution in [0.4, 0.5) is 0 Å². The molecule has 0 spiro atoms. The van der Waals surface area contributed by atoms with Crippen molar-refractivity contribution in [1.29, 1.82) is 0 Å². The summed E-state index contributed by atoms with van der Waals surface area (Å²) in [6.07, 6.45) is 4.25. The second-order valence-electron chi connectivity index (χ2n) is 2.54. The molecule has 0 saturated carbocycles. The Morgan fingerprint density at radius 3 is 2.54 bits per heavy atom. The summed E-state index contributed by atoms with van der Waals surface area (Å²) in [6, 6.07) is 9.73. The SMILES string of the molecule is Brc1ccc(-c2c[c]ncn2)cc1. The van der Waals surface area contributed by atoms with E-state index in [0.29, 0.717) is 0 Å². The van der Waals surface area contributed by atoms with Crippen molar-refractivity contribution in [3.8, 4) is 11.3 Å². The molecule has 0 bridgehead atoms. The van der Waals surface area contributed by atoms with Gasteiger partial charge < -0.3 is 0 Å². The van der Waals surface area contributed by atoms with Crippen LogP contribution < -0.4 is 0 Å². The first-order chi connectivity index (χ1) is 6.36. The maximum Gasteiger partial charge on any atom is 0.116 e. The molecule has 2 aromatic rings. The summed E-state index contributed by atoms with van der Waals surface area (Å²) in [5, 5.41) is 0. The number of benzene rings is 1. The summed E-state index contributed by atoms with van der Waals surface area (Å²) in [5.41, 5.74) is 1.96. The van der Waals surface area contributed by atoms with Gasteiger partial charge in [-0.1, -0.05) is 28.1 Å². The Morgan fingerprint density at radius 1 is 1.15 bits per heavy atom. The molecule has 0 unspecified atom stereocenters.